The molecule has 2 aliphatic heterocycles. The van der Waals surface area contributed by atoms with Crippen molar-refractivity contribution in [3.8, 4) is 5.75 Å². The smallest absolute Gasteiger partial charge is 0.118 e. The lowest BCUT2D eigenvalue weighted by atomic mass is 9.85. The first-order chi connectivity index (χ1) is 10.9. The van der Waals surface area contributed by atoms with Gasteiger partial charge in [0.05, 0.1) is 32.5 Å². The Morgan fingerprint density at radius 1 is 0.818 bits per heavy atom. The molecule has 2 aromatic rings. The highest BCUT2D eigenvalue weighted by Gasteiger charge is 2.48. The van der Waals surface area contributed by atoms with Gasteiger partial charge in [-0.1, -0.05) is 42.5 Å². The number of hydrogen-bond acceptors (Lipinski definition) is 3. The molecule has 2 saturated heterocycles. The maximum atomic E-state index is 6.45. The van der Waals surface area contributed by atoms with E-state index in [2.05, 4.69) is 36.4 Å². The van der Waals surface area contributed by atoms with Crippen LogP contribution in [0, 0.1) is 11.8 Å². The van der Waals surface area contributed by atoms with Gasteiger partial charge in [0, 0.05) is 11.8 Å². The maximum absolute atomic E-state index is 6.45. The summed E-state index contributed by atoms with van der Waals surface area (Å²) in [5, 5.41) is 0. The molecule has 0 saturated carbocycles. The molecule has 2 aromatic carbocycles. The van der Waals surface area contributed by atoms with E-state index in [0.29, 0.717) is 11.8 Å². The molecule has 2 heterocycles. The Morgan fingerprint density at radius 2 is 1.41 bits per heavy atom. The van der Waals surface area contributed by atoms with Crippen molar-refractivity contribution in [1.29, 1.82) is 0 Å². The van der Waals surface area contributed by atoms with Crippen LogP contribution in [0.5, 0.6) is 5.75 Å². The number of benzene rings is 2. The third-order valence-corrected chi connectivity index (χ3v) is 4.81. The highest BCUT2D eigenvalue weighted by molar-refractivity contribution is 5.31. The van der Waals surface area contributed by atoms with Crippen LogP contribution >= 0.6 is 0 Å². The van der Waals surface area contributed by atoms with Gasteiger partial charge in [-0.25, -0.2) is 0 Å². The summed E-state index contributed by atoms with van der Waals surface area (Å²) in [6.07, 6.45) is 0.226. The lowest BCUT2D eigenvalue weighted by Crippen LogP contribution is -2.13. The molecule has 0 bridgehead atoms. The Bertz CT molecular complexity index is 623. The van der Waals surface area contributed by atoms with Crippen molar-refractivity contribution in [2.45, 2.75) is 12.2 Å². The van der Waals surface area contributed by atoms with Crippen LogP contribution in [0.1, 0.15) is 23.3 Å². The molecule has 2 aliphatic rings. The molecule has 3 heteroatoms. The van der Waals surface area contributed by atoms with Crippen LogP contribution in [0.25, 0.3) is 0 Å². The summed E-state index contributed by atoms with van der Waals surface area (Å²) in [6.45, 7) is 1.57. The molecule has 4 rings (SSSR count). The molecular weight excluding hydrogens is 276 g/mol. The molecule has 2 fully saturated rings. The first-order valence-corrected chi connectivity index (χ1v) is 7.79. The van der Waals surface area contributed by atoms with E-state index in [4.69, 9.17) is 14.2 Å². The summed E-state index contributed by atoms with van der Waals surface area (Å²) in [5.74, 6) is 1.74. The Morgan fingerprint density at radius 3 is 2.00 bits per heavy atom. The van der Waals surface area contributed by atoms with Gasteiger partial charge in [-0.15, -0.1) is 0 Å². The summed E-state index contributed by atoms with van der Waals surface area (Å²) in [6, 6.07) is 18.7. The first kappa shape index (κ1) is 13.8. The molecule has 3 nitrogen and oxygen atoms in total. The monoisotopic (exact) mass is 296 g/mol. The van der Waals surface area contributed by atoms with Gasteiger partial charge >= 0.3 is 0 Å². The highest BCUT2D eigenvalue weighted by atomic mass is 16.5. The zero-order valence-electron chi connectivity index (χ0n) is 12.6. The van der Waals surface area contributed by atoms with Crippen LogP contribution in [0.4, 0.5) is 0 Å². The lowest BCUT2D eigenvalue weighted by Gasteiger charge is -2.18. The van der Waals surface area contributed by atoms with Gasteiger partial charge in [-0.3, -0.25) is 0 Å². The largest absolute Gasteiger partial charge is 0.497 e. The van der Waals surface area contributed by atoms with Crippen LogP contribution in [0.2, 0.25) is 0 Å². The fourth-order valence-corrected chi connectivity index (χ4v) is 3.66. The van der Waals surface area contributed by atoms with E-state index < -0.39 is 0 Å². The number of methoxy groups -OCH3 is 1. The van der Waals surface area contributed by atoms with Crippen molar-refractivity contribution in [3.05, 3.63) is 65.7 Å². The summed E-state index contributed by atoms with van der Waals surface area (Å²) in [7, 11) is 1.69. The van der Waals surface area contributed by atoms with E-state index in [0.717, 1.165) is 19.0 Å². The summed E-state index contributed by atoms with van der Waals surface area (Å²) in [4.78, 5) is 0. The molecule has 0 radical (unpaired) electrons. The van der Waals surface area contributed by atoms with E-state index in [1.165, 1.54) is 11.1 Å². The Kier molecular flexibility index (Phi) is 3.60. The zero-order valence-corrected chi connectivity index (χ0v) is 12.6. The minimum atomic E-state index is 0.101. The molecule has 0 N–H and O–H groups in total. The van der Waals surface area contributed by atoms with E-state index >= 15 is 0 Å². The molecule has 22 heavy (non-hydrogen) atoms. The number of rotatable bonds is 3. The van der Waals surface area contributed by atoms with Crippen LogP contribution in [0.3, 0.4) is 0 Å². The predicted molar refractivity (Wildman–Crippen MR) is 83.8 cm³/mol. The second-order valence-corrected chi connectivity index (χ2v) is 6.03. The van der Waals surface area contributed by atoms with Gasteiger partial charge in [0.25, 0.3) is 0 Å². The number of hydrogen-bond donors (Lipinski definition) is 0. The van der Waals surface area contributed by atoms with E-state index in [1.807, 2.05) is 18.2 Å². The van der Waals surface area contributed by atoms with Crippen molar-refractivity contribution in [2.24, 2.45) is 11.8 Å². The number of ether oxygens (including phenoxy) is 3. The van der Waals surface area contributed by atoms with Gasteiger partial charge in [-0.2, -0.15) is 0 Å². The lowest BCUT2D eigenvalue weighted by molar-refractivity contribution is -0.00309. The van der Waals surface area contributed by atoms with Crippen molar-refractivity contribution in [2.75, 3.05) is 20.3 Å². The van der Waals surface area contributed by atoms with Crippen LogP contribution in [-0.4, -0.2) is 20.3 Å². The summed E-state index contributed by atoms with van der Waals surface area (Å²) in [5.41, 5.74) is 2.46. The molecule has 0 aromatic heterocycles. The minimum Gasteiger partial charge on any atom is -0.497 e. The minimum absolute atomic E-state index is 0.101. The molecule has 0 amide bonds. The van der Waals surface area contributed by atoms with Crippen molar-refractivity contribution in [3.63, 3.8) is 0 Å². The third kappa shape index (κ3) is 2.31. The van der Waals surface area contributed by atoms with Gasteiger partial charge in [0.2, 0.25) is 0 Å². The fraction of sp³-hybridized carbons (Fsp3) is 0.368. The first-order valence-electron chi connectivity index (χ1n) is 7.79. The van der Waals surface area contributed by atoms with E-state index in [-0.39, 0.29) is 12.2 Å². The number of fused-ring (bicyclic) bond motifs is 1. The normalized spacial score (nSPS) is 30.2. The predicted octanol–water partition coefficient (Wildman–Crippen LogP) is 3.77. The van der Waals surface area contributed by atoms with Crippen LogP contribution in [-0.2, 0) is 9.47 Å². The maximum Gasteiger partial charge on any atom is 0.118 e. The molecular formula is C19H20O3. The molecule has 4 atom stereocenters. The SMILES string of the molecule is COc1ccc([C@@H]2O[C@H](c3ccccc3)[C@@H]3COC[C@@H]32)cc1. The average molecular weight is 296 g/mol. The van der Waals surface area contributed by atoms with E-state index in [9.17, 15) is 0 Å². The second-order valence-electron chi connectivity index (χ2n) is 6.03. The summed E-state index contributed by atoms with van der Waals surface area (Å²) < 4.78 is 17.5. The molecule has 0 unspecified atom stereocenters. The quantitative estimate of drug-likeness (QED) is 0.863. The van der Waals surface area contributed by atoms with Gasteiger partial charge in [0.15, 0.2) is 0 Å². The standard InChI is InChI=1S/C19H20O3/c1-20-15-9-7-14(8-10-15)19-17-12-21-11-16(17)18(22-19)13-5-3-2-4-6-13/h2-10,16-19H,11-12H2,1H3/t16-,17+,18-,19+/m1/s1. The Balaban J connectivity index is 1.63. The second kappa shape index (κ2) is 5.75. The van der Waals surface area contributed by atoms with Gasteiger partial charge < -0.3 is 14.2 Å². The molecule has 114 valence electrons. The van der Waals surface area contributed by atoms with Crippen LogP contribution in [0.15, 0.2) is 54.6 Å². The molecule has 0 aliphatic carbocycles. The topological polar surface area (TPSA) is 27.7 Å². The fourth-order valence-electron chi connectivity index (χ4n) is 3.66. The highest BCUT2D eigenvalue weighted by Crippen LogP contribution is 2.51. The van der Waals surface area contributed by atoms with Gasteiger partial charge in [0.1, 0.15) is 5.75 Å². The molecule has 0 spiro atoms. The van der Waals surface area contributed by atoms with Crippen molar-refractivity contribution in [1.82, 2.24) is 0 Å². The van der Waals surface area contributed by atoms with E-state index in [1.54, 1.807) is 7.11 Å². The van der Waals surface area contributed by atoms with Crippen molar-refractivity contribution < 1.29 is 14.2 Å². The Labute approximate surface area is 130 Å². The van der Waals surface area contributed by atoms with Crippen LogP contribution < -0.4 is 4.74 Å². The average Bonchev–Trinajstić information content (AvgIpc) is 3.18. The Hall–Kier alpha value is -1.84. The summed E-state index contributed by atoms with van der Waals surface area (Å²) >= 11 is 0. The van der Waals surface area contributed by atoms with Crippen molar-refractivity contribution >= 4 is 0 Å². The van der Waals surface area contributed by atoms with Gasteiger partial charge in [-0.05, 0) is 23.3 Å². The third-order valence-electron chi connectivity index (χ3n) is 4.81. The zero-order chi connectivity index (χ0) is 14.9.